The molecule has 30 heavy (non-hydrogen) atoms. The average Bonchev–Trinajstić information content (AvgIpc) is 2.66. The lowest BCUT2D eigenvalue weighted by molar-refractivity contribution is -0.143. The zero-order valence-corrected chi connectivity index (χ0v) is 17.7. The van der Waals surface area contributed by atoms with Gasteiger partial charge in [-0.05, 0) is 57.9 Å². The van der Waals surface area contributed by atoms with Gasteiger partial charge in [0, 0.05) is 12.1 Å². The molecule has 11 heteroatoms. The Morgan fingerprint density at radius 3 is 2.30 bits per heavy atom. The Labute approximate surface area is 175 Å². The number of esters is 1. The van der Waals surface area contributed by atoms with Gasteiger partial charge in [-0.15, -0.1) is 0 Å². The number of nitrogens with zero attached hydrogens (tertiary/aromatic N) is 1. The fraction of sp³-hybridized carbons (Fsp3) is 0.474. The quantitative estimate of drug-likeness (QED) is 0.128. The Kier molecular flexibility index (Phi) is 9.40. The second-order valence-electron chi connectivity index (χ2n) is 7.33. The maximum atomic E-state index is 12.5. The number of methoxy groups -OCH3 is 1. The second kappa shape index (κ2) is 11.5. The highest BCUT2D eigenvalue weighted by Crippen LogP contribution is 2.11. The molecular weight excluding hydrogens is 392 g/mol. The van der Waals surface area contributed by atoms with Gasteiger partial charge in [0.1, 0.15) is 11.6 Å². The molecule has 0 saturated heterocycles. The molecule has 0 aromatic heterocycles. The molecule has 1 aromatic carbocycles. The molecule has 0 bridgehead atoms. The molecule has 0 saturated carbocycles. The minimum Gasteiger partial charge on any atom is -0.467 e. The number of ether oxygens (including phenoxy) is 2. The third kappa shape index (κ3) is 9.62. The fourth-order valence-electron chi connectivity index (χ4n) is 2.27. The molecular formula is C19H30N6O5. The molecule has 0 aliphatic heterocycles. The van der Waals surface area contributed by atoms with Gasteiger partial charge < -0.3 is 26.3 Å². The number of carbonyl (C=O) groups is 3. The van der Waals surface area contributed by atoms with Crippen molar-refractivity contribution in [2.75, 3.05) is 19.1 Å². The predicted octanol–water partition coefficient (Wildman–Crippen LogP) is 0.863. The summed E-state index contributed by atoms with van der Waals surface area (Å²) in [6, 6.07) is 5.45. The lowest BCUT2D eigenvalue weighted by Gasteiger charge is -2.20. The van der Waals surface area contributed by atoms with Crippen LogP contribution in [0.1, 0.15) is 44.0 Å². The molecule has 0 heterocycles. The van der Waals surface area contributed by atoms with Crippen LogP contribution in [0.2, 0.25) is 0 Å². The van der Waals surface area contributed by atoms with Crippen LogP contribution in [-0.4, -0.2) is 49.2 Å². The summed E-state index contributed by atoms with van der Waals surface area (Å²) in [6.45, 7) is 5.59. The molecule has 7 N–H and O–H groups in total. The van der Waals surface area contributed by atoms with E-state index in [0.29, 0.717) is 30.6 Å². The van der Waals surface area contributed by atoms with Crippen molar-refractivity contribution in [3.8, 4) is 0 Å². The van der Waals surface area contributed by atoms with Gasteiger partial charge in [0.15, 0.2) is 5.96 Å². The van der Waals surface area contributed by atoms with Crippen LogP contribution in [-0.2, 0) is 14.3 Å². The number of guanidine groups is 1. The topological polar surface area (TPSA) is 170 Å². The SMILES string of the molecule is COC(=O)[C@H](CCCN=C(N)N)NC(=O)c1ccc(NNC(=O)OC(C)(C)C)cc1. The van der Waals surface area contributed by atoms with Gasteiger partial charge >= 0.3 is 12.1 Å². The van der Waals surface area contributed by atoms with E-state index in [1.807, 2.05) is 0 Å². The summed E-state index contributed by atoms with van der Waals surface area (Å²) >= 11 is 0. The van der Waals surface area contributed by atoms with Crippen LogP contribution in [0.5, 0.6) is 0 Å². The number of nitrogens with one attached hydrogen (secondary N) is 3. The summed E-state index contributed by atoms with van der Waals surface area (Å²) in [5.41, 5.74) is 15.8. The first kappa shape index (κ1) is 24.5. The molecule has 0 fully saturated rings. The van der Waals surface area contributed by atoms with Crippen molar-refractivity contribution in [2.24, 2.45) is 16.5 Å². The zero-order chi connectivity index (χ0) is 22.7. The van der Waals surface area contributed by atoms with E-state index >= 15 is 0 Å². The Morgan fingerprint density at radius 2 is 1.77 bits per heavy atom. The highest BCUT2D eigenvalue weighted by Gasteiger charge is 2.22. The molecule has 2 amide bonds. The summed E-state index contributed by atoms with van der Waals surface area (Å²) in [5.74, 6) is -1.05. The van der Waals surface area contributed by atoms with Gasteiger partial charge in [0.25, 0.3) is 5.91 Å². The van der Waals surface area contributed by atoms with Crippen molar-refractivity contribution in [1.82, 2.24) is 10.7 Å². The largest absolute Gasteiger partial charge is 0.467 e. The van der Waals surface area contributed by atoms with Crippen LogP contribution in [0, 0.1) is 0 Å². The van der Waals surface area contributed by atoms with E-state index in [-0.39, 0.29) is 5.96 Å². The Morgan fingerprint density at radius 1 is 1.13 bits per heavy atom. The standard InChI is InChI=1S/C19H30N6O5/c1-19(2,3)30-18(28)25-24-13-9-7-12(8-10-13)15(26)23-14(16(27)29-4)6-5-11-22-17(20)21/h7-10,14,24H,5-6,11H2,1-4H3,(H,23,26)(H,25,28)(H4,20,21,22)/t14-/m0/s1. The van der Waals surface area contributed by atoms with Gasteiger partial charge in [-0.25, -0.2) is 15.0 Å². The molecule has 0 aliphatic rings. The molecule has 11 nitrogen and oxygen atoms in total. The first-order valence-corrected chi connectivity index (χ1v) is 9.31. The smallest absolute Gasteiger partial charge is 0.426 e. The predicted molar refractivity (Wildman–Crippen MR) is 113 cm³/mol. The number of carbonyl (C=O) groups excluding carboxylic acids is 3. The number of anilines is 1. The van der Waals surface area contributed by atoms with Crippen LogP contribution in [0.15, 0.2) is 29.3 Å². The Hall–Kier alpha value is -3.50. The van der Waals surface area contributed by atoms with Crippen LogP contribution >= 0.6 is 0 Å². The lowest BCUT2D eigenvalue weighted by Crippen LogP contribution is -2.41. The number of hydrogen-bond acceptors (Lipinski definition) is 7. The van der Waals surface area contributed by atoms with Crippen molar-refractivity contribution in [1.29, 1.82) is 0 Å². The Balaban J connectivity index is 2.63. The van der Waals surface area contributed by atoms with E-state index in [1.54, 1.807) is 45.0 Å². The summed E-state index contributed by atoms with van der Waals surface area (Å²) in [6.07, 6.45) is 0.164. The number of aliphatic imine (C=N–C) groups is 1. The number of nitrogens with two attached hydrogens (primary N) is 2. The van der Waals surface area contributed by atoms with Crippen molar-refractivity contribution in [2.45, 2.75) is 45.3 Å². The number of amides is 2. The van der Waals surface area contributed by atoms with Crippen molar-refractivity contribution in [3.05, 3.63) is 29.8 Å². The molecule has 1 atom stereocenters. The highest BCUT2D eigenvalue weighted by molar-refractivity contribution is 5.97. The Bertz CT molecular complexity index is 754. The van der Waals surface area contributed by atoms with Crippen molar-refractivity contribution in [3.63, 3.8) is 0 Å². The molecule has 1 rings (SSSR count). The second-order valence-corrected chi connectivity index (χ2v) is 7.33. The highest BCUT2D eigenvalue weighted by atomic mass is 16.6. The third-order valence-corrected chi connectivity index (χ3v) is 3.59. The zero-order valence-electron chi connectivity index (χ0n) is 17.7. The summed E-state index contributed by atoms with van der Waals surface area (Å²) in [5, 5.41) is 2.63. The average molecular weight is 422 g/mol. The first-order chi connectivity index (χ1) is 14.0. The molecule has 0 radical (unpaired) electrons. The van der Waals surface area contributed by atoms with Crippen LogP contribution in [0.25, 0.3) is 0 Å². The third-order valence-electron chi connectivity index (χ3n) is 3.59. The van der Waals surface area contributed by atoms with Crippen LogP contribution < -0.4 is 27.6 Å². The number of benzene rings is 1. The minimum atomic E-state index is -0.830. The normalized spacial score (nSPS) is 11.6. The van der Waals surface area contributed by atoms with Crippen LogP contribution in [0.3, 0.4) is 0 Å². The van der Waals surface area contributed by atoms with Gasteiger partial charge in [0.05, 0.1) is 12.8 Å². The number of rotatable bonds is 9. The number of hydrazine groups is 1. The molecule has 0 unspecified atom stereocenters. The molecule has 0 aliphatic carbocycles. The molecule has 166 valence electrons. The van der Waals surface area contributed by atoms with Gasteiger partial charge in [-0.3, -0.25) is 15.2 Å². The monoisotopic (exact) mass is 422 g/mol. The molecule has 1 aromatic rings. The maximum Gasteiger partial charge on any atom is 0.426 e. The summed E-state index contributed by atoms with van der Waals surface area (Å²) in [7, 11) is 1.25. The van der Waals surface area contributed by atoms with Crippen molar-refractivity contribution >= 4 is 29.6 Å². The fourth-order valence-corrected chi connectivity index (χ4v) is 2.27. The maximum absolute atomic E-state index is 12.5. The summed E-state index contributed by atoms with van der Waals surface area (Å²) in [4.78, 5) is 39.9. The van der Waals surface area contributed by atoms with E-state index in [0.717, 1.165) is 0 Å². The number of hydrogen-bond donors (Lipinski definition) is 5. The first-order valence-electron chi connectivity index (χ1n) is 9.31. The van der Waals surface area contributed by atoms with E-state index in [2.05, 4.69) is 21.2 Å². The van der Waals surface area contributed by atoms with E-state index < -0.39 is 29.6 Å². The molecule has 0 spiro atoms. The van der Waals surface area contributed by atoms with Crippen LogP contribution in [0.4, 0.5) is 10.5 Å². The minimum absolute atomic E-state index is 0.0384. The van der Waals surface area contributed by atoms with Gasteiger partial charge in [-0.1, -0.05) is 0 Å². The van der Waals surface area contributed by atoms with E-state index in [9.17, 15) is 14.4 Å². The van der Waals surface area contributed by atoms with Gasteiger partial charge in [0.2, 0.25) is 0 Å². The van der Waals surface area contributed by atoms with E-state index in [1.165, 1.54) is 7.11 Å². The van der Waals surface area contributed by atoms with Gasteiger partial charge in [-0.2, -0.15) is 0 Å². The van der Waals surface area contributed by atoms with Crippen molar-refractivity contribution < 1.29 is 23.9 Å². The van der Waals surface area contributed by atoms with E-state index in [4.69, 9.17) is 20.9 Å². The summed E-state index contributed by atoms with van der Waals surface area (Å²) < 4.78 is 9.84. The lowest BCUT2D eigenvalue weighted by atomic mass is 10.1.